The Bertz CT molecular complexity index is 1440. The van der Waals surface area contributed by atoms with Gasteiger partial charge in [-0.25, -0.2) is 0 Å². The summed E-state index contributed by atoms with van der Waals surface area (Å²) in [6.07, 6.45) is 11.9. The van der Waals surface area contributed by atoms with E-state index in [-0.39, 0.29) is 11.0 Å². The zero-order chi connectivity index (χ0) is 25.0. The third kappa shape index (κ3) is 5.57. The molecule has 0 unspecified atom stereocenters. The molecule has 35 heavy (non-hydrogen) atoms. The van der Waals surface area contributed by atoms with Crippen molar-refractivity contribution in [1.82, 2.24) is 8.75 Å². The number of nitrogens with zero attached hydrogens (tertiary/aromatic N) is 5. The third-order valence-electron chi connectivity index (χ3n) is 6.08. The van der Waals surface area contributed by atoms with Crippen molar-refractivity contribution < 1.29 is 0 Å². The second-order valence-electron chi connectivity index (χ2n) is 9.72. The summed E-state index contributed by atoms with van der Waals surface area (Å²) in [6.45, 7) is 4.33. The molecule has 0 fully saturated rings. The van der Waals surface area contributed by atoms with Gasteiger partial charge in [0.15, 0.2) is 0 Å². The van der Waals surface area contributed by atoms with Crippen LogP contribution < -0.4 is 4.90 Å². The van der Waals surface area contributed by atoms with E-state index in [1.165, 1.54) is 17.4 Å². The number of nitriles is 2. The molecular weight excluding hydrogens is 450 g/mol. The number of rotatable bonds is 5. The molecule has 6 heteroatoms. The van der Waals surface area contributed by atoms with Gasteiger partial charge in [-0.1, -0.05) is 68.5 Å². The summed E-state index contributed by atoms with van der Waals surface area (Å²) < 4.78 is 9.10. The van der Waals surface area contributed by atoms with Gasteiger partial charge in [0, 0.05) is 30.9 Å². The van der Waals surface area contributed by atoms with Gasteiger partial charge in [0.2, 0.25) is 0 Å². The Morgan fingerprint density at radius 1 is 0.886 bits per heavy atom. The van der Waals surface area contributed by atoms with Gasteiger partial charge in [0.1, 0.15) is 28.7 Å². The first-order chi connectivity index (χ1) is 16.8. The summed E-state index contributed by atoms with van der Waals surface area (Å²) in [5, 5.41) is 18.6. The first-order valence-corrected chi connectivity index (χ1v) is 12.2. The first-order valence-electron chi connectivity index (χ1n) is 11.4. The molecule has 0 bridgehead atoms. The fourth-order valence-corrected chi connectivity index (χ4v) is 4.92. The molecule has 1 aromatic heterocycles. The van der Waals surface area contributed by atoms with Crippen molar-refractivity contribution in [1.29, 1.82) is 10.5 Å². The summed E-state index contributed by atoms with van der Waals surface area (Å²) >= 11 is 1.21. The van der Waals surface area contributed by atoms with E-state index in [0.29, 0.717) is 0 Å². The van der Waals surface area contributed by atoms with Crippen LogP contribution in [0.5, 0.6) is 0 Å². The zero-order valence-corrected chi connectivity index (χ0v) is 21.2. The Kier molecular flexibility index (Phi) is 6.96. The molecule has 0 aliphatic heterocycles. The summed E-state index contributed by atoms with van der Waals surface area (Å²) in [5.74, 6) is 0. The van der Waals surface area contributed by atoms with Crippen molar-refractivity contribution in [3.05, 3.63) is 82.0 Å². The number of benzene rings is 2. The van der Waals surface area contributed by atoms with Gasteiger partial charge in [0.25, 0.3) is 0 Å². The van der Waals surface area contributed by atoms with E-state index in [1.807, 2.05) is 32.3 Å². The fourth-order valence-electron chi connectivity index (χ4n) is 4.33. The van der Waals surface area contributed by atoms with Gasteiger partial charge in [-0.05, 0) is 47.1 Å². The van der Waals surface area contributed by atoms with Crippen molar-refractivity contribution in [3.8, 4) is 12.1 Å². The van der Waals surface area contributed by atoms with E-state index in [9.17, 15) is 10.5 Å². The molecule has 0 saturated heterocycles. The lowest BCUT2D eigenvalue weighted by Gasteiger charge is -2.30. The van der Waals surface area contributed by atoms with Gasteiger partial charge in [-0.2, -0.15) is 19.3 Å². The Labute approximate surface area is 211 Å². The largest absolute Gasteiger partial charge is 0.378 e. The molecule has 0 saturated carbocycles. The van der Waals surface area contributed by atoms with Crippen LogP contribution in [-0.2, 0) is 0 Å². The summed E-state index contributed by atoms with van der Waals surface area (Å²) in [7, 11) is 4.06. The highest BCUT2D eigenvalue weighted by molar-refractivity contribution is 7.00. The normalized spacial score (nSPS) is 15.3. The fraction of sp³-hybridized carbons (Fsp3) is 0.241. The minimum atomic E-state index is -0.0143. The number of fused-ring (bicyclic) bond motifs is 1. The number of anilines is 1. The van der Waals surface area contributed by atoms with Gasteiger partial charge in [-0.3, -0.25) is 0 Å². The summed E-state index contributed by atoms with van der Waals surface area (Å²) in [6, 6.07) is 16.6. The maximum atomic E-state index is 9.31. The number of hydrogen-bond acceptors (Lipinski definition) is 6. The van der Waals surface area contributed by atoms with Crippen LogP contribution in [0.2, 0.25) is 0 Å². The maximum Gasteiger partial charge on any atom is 0.132 e. The smallest absolute Gasteiger partial charge is 0.132 e. The van der Waals surface area contributed by atoms with Crippen molar-refractivity contribution in [2.45, 2.75) is 26.7 Å². The number of allylic oxidation sites excluding steroid dienone is 5. The third-order valence-corrected chi connectivity index (χ3v) is 6.60. The lowest BCUT2D eigenvalue weighted by Crippen LogP contribution is -2.17. The Morgan fingerprint density at radius 2 is 1.49 bits per heavy atom. The van der Waals surface area contributed by atoms with E-state index in [0.717, 1.165) is 51.7 Å². The molecule has 1 aliphatic rings. The monoisotopic (exact) mass is 477 g/mol. The molecule has 2 aromatic carbocycles. The highest BCUT2D eigenvalue weighted by Crippen LogP contribution is 2.39. The average Bonchev–Trinajstić information content (AvgIpc) is 3.32. The second-order valence-corrected chi connectivity index (χ2v) is 10.2. The standard InChI is InChI=1S/C29H27N5S/c1-29(2)16-21(15-24(17-29)25(18-30)19-31)6-10-23-12-11-22(27-28(23)33-35-32-27)9-5-20-7-13-26(14-8-20)34(3)4/h5-15H,16-17H2,1-4H3/b9-5+,10-6+. The van der Waals surface area contributed by atoms with Crippen LogP contribution in [0.15, 0.2) is 65.3 Å². The lowest BCUT2D eigenvalue weighted by atomic mass is 9.74. The van der Waals surface area contributed by atoms with E-state index in [1.54, 1.807) is 0 Å². The van der Waals surface area contributed by atoms with Crippen LogP contribution >= 0.6 is 11.7 Å². The van der Waals surface area contributed by atoms with Crippen LogP contribution in [0, 0.1) is 28.1 Å². The van der Waals surface area contributed by atoms with Crippen LogP contribution in [0.25, 0.3) is 29.3 Å². The van der Waals surface area contributed by atoms with E-state index in [4.69, 9.17) is 0 Å². The van der Waals surface area contributed by atoms with Gasteiger partial charge in [0.05, 0.1) is 11.7 Å². The van der Waals surface area contributed by atoms with Crippen molar-refractivity contribution in [3.63, 3.8) is 0 Å². The Hall–Kier alpha value is -4.00. The Balaban J connectivity index is 1.62. The minimum absolute atomic E-state index is 0.0143. The highest BCUT2D eigenvalue weighted by atomic mass is 32.1. The summed E-state index contributed by atoms with van der Waals surface area (Å²) in [4.78, 5) is 2.08. The maximum absolute atomic E-state index is 9.31. The Morgan fingerprint density at radius 3 is 2.06 bits per heavy atom. The van der Waals surface area contributed by atoms with Gasteiger partial charge >= 0.3 is 0 Å². The van der Waals surface area contributed by atoms with Crippen LogP contribution in [0.1, 0.15) is 43.4 Å². The second kappa shape index (κ2) is 10.1. The molecule has 0 N–H and O–H groups in total. The number of hydrogen-bond donors (Lipinski definition) is 0. The predicted octanol–water partition coefficient (Wildman–Crippen LogP) is 7.03. The molecule has 174 valence electrons. The number of aromatic nitrogens is 2. The molecule has 0 spiro atoms. The average molecular weight is 478 g/mol. The van der Waals surface area contributed by atoms with Crippen LogP contribution in [-0.4, -0.2) is 22.8 Å². The minimum Gasteiger partial charge on any atom is -0.378 e. The van der Waals surface area contributed by atoms with E-state index >= 15 is 0 Å². The SMILES string of the molecule is CN(C)c1ccc(/C=C/c2ccc(/C=C/C3=CC(=C(C#N)C#N)CC(C)(C)C3)c3nsnc23)cc1. The van der Waals surface area contributed by atoms with E-state index in [2.05, 4.69) is 88.2 Å². The molecule has 5 nitrogen and oxygen atoms in total. The topological polar surface area (TPSA) is 76.6 Å². The van der Waals surface area contributed by atoms with Crippen molar-refractivity contribution in [2.75, 3.05) is 19.0 Å². The highest BCUT2D eigenvalue weighted by Gasteiger charge is 2.26. The molecule has 1 heterocycles. The van der Waals surface area contributed by atoms with Gasteiger partial charge in [-0.15, -0.1) is 0 Å². The molecule has 0 radical (unpaired) electrons. The van der Waals surface area contributed by atoms with Gasteiger partial charge < -0.3 is 4.90 Å². The summed E-state index contributed by atoms with van der Waals surface area (Å²) in [5.41, 5.74) is 8.16. The molecule has 3 aromatic rings. The van der Waals surface area contributed by atoms with Crippen LogP contribution in [0.4, 0.5) is 5.69 Å². The van der Waals surface area contributed by atoms with Crippen molar-refractivity contribution in [2.24, 2.45) is 5.41 Å². The molecule has 4 rings (SSSR count). The first kappa shape index (κ1) is 24.1. The van der Waals surface area contributed by atoms with E-state index < -0.39 is 0 Å². The zero-order valence-electron chi connectivity index (χ0n) is 20.4. The molecule has 0 atom stereocenters. The lowest BCUT2D eigenvalue weighted by molar-refractivity contribution is 0.354. The quantitative estimate of drug-likeness (QED) is 0.291. The van der Waals surface area contributed by atoms with Crippen molar-refractivity contribution >= 4 is 46.7 Å². The van der Waals surface area contributed by atoms with Crippen LogP contribution in [0.3, 0.4) is 0 Å². The molecule has 0 amide bonds. The predicted molar refractivity (Wildman–Crippen MR) is 145 cm³/mol. The molecular formula is C29H27N5S. The molecule has 1 aliphatic carbocycles.